The normalized spacial score (nSPS) is 13.0. The number of ether oxygens (including phenoxy) is 1. The van der Waals surface area contributed by atoms with Crippen molar-refractivity contribution in [2.75, 3.05) is 24.2 Å². The van der Waals surface area contributed by atoms with Crippen molar-refractivity contribution in [3.63, 3.8) is 0 Å². The molecule has 0 unspecified atom stereocenters. The largest absolute Gasteiger partial charge is 0.495 e. The fourth-order valence-corrected chi connectivity index (χ4v) is 4.11. The number of amides is 2. The molecule has 0 spiro atoms. The van der Waals surface area contributed by atoms with Crippen LogP contribution in [0.1, 0.15) is 32.8 Å². The third kappa shape index (κ3) is 7.21. The van der Waals surface area contributed by atoms with Gasteiger partial charge in [0, 0.05) is 12.6 Å². The number of nitrogens with zero attached hydrogens (tertiary/aromatic N) is 2. The first kappa shape index (κ1) is 26.2. The minimum absolute atomic E-state index is 0.0466. The number of carbonyl (C=O) groups is 2. The summed E-state index contributed by atoms with van der Waals surface area (Å²) in [6.45, 7) is 5.19. The molecule has 0 saturated heterocycles. The van der Waals surface area contributed by atoms with Crippen molar-refractivity contribution in [3.8, 4) is 5.75 Å². The minimum atomic E-state index is -3.82. The lowest BCUT2D eigenvalue weighted by Gasteiger charge is -2.32. The van der Waals surface area contributed by atoms with Gasteiger partial charge in [-0.1, -0.05) is 49.4 Å². The third-order valence-corrected chi connectivity index (χ3v) is 6.52. The van der Waals surface area contributed by atoms with Crippen LogP contribution in [-0.2, 0) is 26.2 Å². The third-order valence-electron chi connectivity index (χ3n) is 5.40. The van der Waals surface area contributed by atoms with E-state index in [1.807, 2.05) is 44.2 Å². The van der Waals surface area contributed by atoms with Crippen molar-refractivity contribution in [1.29, 1.82) is 0 Å². The Morgan fingerprint density at radius 3 is 2.21 bits per heavy atom. The number of anilines is 1. The van der Waals surface area contributed by atoms with E-state index in [9.17, 15) is 18.0 Å². The molecule has 33 heavy (non-hydrogen) atoms. The van der Waals surface area contributed by atoms with E-state index in [2.05, 4.69) is 5.32 Å². The van der Waals surface area contributed by atoms with Gasteiger partial charge in [0.25, 0.3) is 0 Å². The molecular weight excluding hydrogens is 442 g/mol. The maximum absolute atomic E-state index is 13.5. The minimum Gasteiger partial charge on any atom is -0.495 e. The van der Waals surface area contributed by atoms with Gasteiger partial charge in [-0.15, -0.1) is 0 Å². The summed E-state index contributed by atoms with van der Waals surface area (Å²) in [4.78, 5) is 27.7. The van der Waals surface area contributed by atoms with Crippen molar-refractivity contribution in [3.05, 3.63) is 60.2 Å². The Balaban J connectivity index is 2.39. The van der Waals surface area contributed by atoms with Gasteiger partial charge in [0.05, 0.1) is 19.1 Å². The van der Waals surface area contributed by atoms with Gasteiger partial charge in [0.1, 0.15) is 18.3 Å². The average molecular weight is 476 g/mol. The summed E-state index contributed by atoms with van der Waals surface area (Å²) in [6, 6.07) is 15.0. The Labute approximate surface area is 196 Å². The van der Waals surface area contributed by atoms with E-state index in [4.69, 9.17) is 4.74 Å². The van der Waals surface area contributed by atoms with E-state index in [0.29, 0.717) is 5.75 Å². The second-order valence-electron chi connectivity index (χ2n) is 7.94. The molecule has 0 aliphatic rings. The molecule has 8 nitrogen and oxygen atoms in total. The SMILES string of the molecule is CC[C@H](C)NC(=O)[C@@H](C)N(Cc1ccccc1)C(=O)CN(c1ccccc1OC)S(C)(=O)=O. The standard InChI is InChI=1S/C24H33N3O5S/c1-6-18(2)25-24(29)19(3)26(16-20-12-8-7-9-13-20)23(28)17-27(33(5,30)31)21-14-10-11-15-22(21)32-4/h7-15,18-19H,6,16-17H2,1-5H3,(H,25,29)/t18-,19+/m0/s1. The summed E-state index contributed by atoms with van der Waals surface area (Å²) in [5.41, 5.74) is 1.09. The molecule has 0 fully saturated rings. The maximum Gasteiger partial charge on any atom is 0.244 e. The van der Waals surface area contributed by atoms with E-state index < -0.39 is 28.5 Å². The number of nitrogens with one attached hydrogen (secondary N) is 1. The molecule has 2 rings (SSSR count). The Morgan fingerprint density at radius 2 is 1.64 bits per heavy atom. The molecular formula is C24H33N3O5S. The van der Waals surface area contributed by atoms with Gasteiger partial charge in [-0.3, -0.25) is 13.9 Å². The van der Waals surface area contributed by atoms with Crippen LogP contribution < -0.4 is 14.4 Å². The summed E-state index contributed by atoms with van der Waals surface area (Å²) in [7, 11) is -2.38. The zero-order valence-corrected chi connectivity index (χ0v) is 20.6. The summed E-state index contributed by atoms with van der Waals surface area (Å²) >= 11 is 0. The molecule has 0 radical (unpaired) electrons. The van der Waals surface area contributed by atoms with Gasteiger partial charge >= 0.3 is 0 Å². The Bertz CT molecular complexity index is 1040. The number of sulfonamides is 1. The first-order valence-corrected chi connectivity index (χ1v) is 12.7. The van der Waals surface area contributed by atoms with Gasteiger partial charge in [-0.05, 0) is 38.0 Å². The van der Waals surface area contributed by atoms with Gasteiger partial charge in [0.2, 0.25) is 21.8 Å². The Morgan fingerprint density at radius 1 is 1.03 bits per heavy atom. The van der Waals surface area contributed by atoms with Crippen LogP contribution in [-0.4, -0.2) is 57.1 Å². The average Bonchev–Trinajstić information content (AvgIpc) is 2.80. The summed E-state index contributed by atoms with van der Waals surface area (Å²) in [5, 5.41) is 2.90. The van der Waals surface area contributed by atoms with Gasteiger partial charge in [0.15, 0.2) is 0 Å². The number of para-hydroxylation sites is 2. The molecule has 0 bridgehead atoms. The molecule has 0 saturated carbocycles. The zero-order chi connectivity index (χ0) is 24.6. The second kappa shape index (κ2) is 11.7. The Hall–Kier alpha value is -3.07. The number of hydrogen-bond donors (Lipinski definition) is 1. The monoisotopic (exact) mass is 475 g/mol. The fourth-order valence-electron chi connectivity index (χ4n) is 3.26. The molecule has 0 aromatic heterocycles. The van der Waals surface area contributed by atoms with Crippen molar-refractivity contribution in [2.45, 2.75) is 45.8 Å². The van der Waals surface area contributed by atoms with Crippen LogP contribution in [0.5, 0.6) is 5.75 Å². The number of methoxy groups -OCH3 is 1. The molecule has 2 amide bonds. The second-order valence-corrected chi connectivity index (χ2v) is 9.85. The number of carbonyl (C=O) groups excluding carboxylic acids is 2. The van der Waals surface area contributed by atoms with E-state index in [-0.39, 0.29) is 24.2 Å². The van der Waals surface area contributed by atoms with Gasteiger partial charge in [-0.25, -0.2) is 8.42 Å². The van der Waals surface area contributed by atoms with Crippen molar-refractivity contribution >= 4 is 27.5 Å². The summed E-state index contributed by atoms with van der Waals surface area (Å²) in [6.07, 6.45) is 1.79. The molecule has 0 aliphatic carbocycles. The quantitative estimate of drug-likeness (QED) is 0.539. The van der Waals surface area contributed by atoms with Gasteiger partial charge in [-0.2, -0.15) is 0 Å². The Kier molecular flexibility index (Phi) is 9.28. The lowest BCUT2D eigenvalue weighted by molar-refractivity contribution is -0.139. The molecule has 0 heterocycles. The predicted octanol–water partition coefficient (Wildman–Crippen LogP) is 2.79. The smallest absolute Gasteiger partial charge is 0.244 e. The highest BCUT2D eigenvalue weighted by atomic mass is 32.2. The molecule has 2 aromatic rings. The van der Waals surface area contributed by atoms with Crippen LogP contribution in [0, 0.1) is 0 Å². The van der Waals surface area contributed by atoms with E-state index >= 15 is 0 Å². The van der Waals surface area contributed by atoms with Crippen LogP contribution in [0.25, 0.3) is 0 Å². The molecule has 2 atom stereocenters. The van der Waals surface area contributed by atoms with E-state index in [1.165, 1.54) is 12.0 Å². The molecule has 2 aromatic carbocycles. The molecule has 1 N–H and O–H groups in total. The van der Waals surface area contributed by atoms with Crippen LogP contribution >= 0.6 is 0 Å². The van der Waals surface area contributed by atoms with Crippen LogP contribution in [0.2, 0.25) is 0 Å². The predicted molar refractivity (Wildman–Crippen MR) is 130 cm³/mol. The van der Waals surface area contributed by atoms with Gasteiger partial charge < -0.3 is 15.0 Å². The number of benzene rings is 2. The first-order chi connectivity index (χ1) is 15.6. The van der Waals surface area contributed by atoms with Crippen LogP contribution in [0.15, 0.2) is 54.6 Å². The lowest BCUT2D eigenvalue weighted by Crippen LogP contribution is -2.52. The lowest BCUT2D eigenvalue weighted by atomic mass is 10.1. The van der Waals surface area contributed by atoms with Crippen LogP contribution in [0.3, 0.4) is 0 Å². The highest BCUT2D eigenvalue weighted by molar-refractivity contribution is 7.92. The molecule has 180 valence electrons. The number of rotatable bonds is 11. The molecule has 9 heteroatoms. The fraction of sp³-hybridized carbons (Fsp3) is 0.417. The zero-order valence-electron chi connectivity index (χ0n) is 19.8. The highest BCUT2D eigenvalue weighted by Gasteiger charge is 2.31. The summed E-state index contributed by atoms with van der Waals surface area (Å²) < 4.78 is 31.6. The topological polar surface area (TPSA) is 96.0 Å². The van der Waals surface area contributed by atoms with Crippen molar-refractivity contribution < 1.29 is 22.7 Å². The number of hydrogen-bond acceptors (Lipinski definition) is 5. The first-order valence-electron chi connectivity index (χ1n) is 10.8. The highest BCUT2D eigenvalue weighted by Crippen LogP contribution is 2.29. The van der Waals surface area contributed by atoms with E-state index in [0.717, 1.165) is 22.5 Å². The van der Waals surface area contributed by atoms with E-state index in [1.54, 1.807) is 31.2 Å². The summed E-state index contributed by atoms with van der Waals surface area (Å²) in [5.74, 6) is -0.466. The van der Waals surface area contributed by atoms with Crippen molar-refractivity contribution in [2.24, 2.45) is 0 Å². The van der Waals surface area contributed by atoms with Crippen LogP contribution in [0.4, 0.5) is 5.69 Å². The maximum atomic E-state index is 13.5. The van der Waals surface area contributed by atoms with Crippen molar-refractivity contribution in [1.82, 2.24) is 10.2 Å². The molecule has 0 aliphatic heterocycles.